The molecule has 0 atom stereocenters. The van der Waals surface area contributed by atoms with Crippen LogP contribution in [0.3, 0.4) is 0 Å². The van der Waals surface area contributed by atoms with Gasteiger partial charge in [0.2, 0.25) is 11.1 Å². The Morgan fingerprint density at radius 2 is 1.82 bits per heavy atom. The van der Waals surface area contributed by atoms with Crippen LogP contribution < -0.4 is 21.2 Å². The number of thioether (sulfide) groups is 1. The summed E-state index contributed by atoms with van der Waals surface area (Å²) in [5.74, 6) is 7.48. The number of aromatic nitrogens is 3. The second kappa shape index (κ2) is 8.85. The molecule has 4 fully saturated rings. The average Bonchev–Trinajstić information content (AvgIpc) is 3.09. The Bertz CT molecular complexity index is 1030. The van der Waals surface area contributed by atoms with Gasteiger partial charge in [-0.1, -0.05) is 23.9 Å². The molecule has 1 aromatic carbocycles. The second-order valence-electron chi connectivity index (χ2n) is 9.48. The van der Waals surface area contributed by atoms with Gasteiger partial charge in [-0.05, 0) is 68.4 Å². The topological polar surface area (TPSA) is 124 Å². The molecule has 0 unspecified atom stereocenters. The molecule has 0 saturated heterocycles. The first-order valence-electron chi connectivity index (χ1n) is 11.2. The molecule has 4 bridgehead atoms. The van der Waals surface area contributed by atoms with Crippen molar-refractivity contribution in [1.29, 1.82) is 0 Å². The number of rotatable bonds is 7. The van der Waals surface area contributed by atoms with E-state index in [9.17, 15) is 14.0 Å². The van der Waals surface area contributed by atoms with Crippen LogP contribution in [0.25, 0.3) is 0 Å². The van der Waals surface area contributed by atoms with Gasteiger partial charge in [-0.15, -0.1) is 10.2 Å². The molecule has 176 valence electrons. The molecule has 0 radical (unpaired) electrons. The summed E-state index contributed by atoms with van der Waals surface area (Å²) in [5, 5.41) is 13.7. The number of hydrogen-bond donors (Lipinski definition) is 3. The summed E-state index contributed by atoms with van der Waals surface area (Å²) in [6, 6.07) is 5.58. The predicted molar refractivity (Wildman–Crippen MR) is 119 cm³/mol. The first kappa shape index (κ1) is 22.0. The van der Waals surface area contributed by atoms with E-state index in [4.69, 9.17) is 10.6 Å². The molecule has 4 saturated carbocycles. The van der Waals surface area contributed by atoms with Gasteiger partial charge in [-0.3, -0.25) is 10.1 Å². The van der Waals surface area contributed by atoms with Crippen molar-refractivity contribution in [3.05, 3.63) is 35.9 Å². The Morgan fingerprint density at radius 3 is 2.48 bits per heavy atom. The molecule has 4 N–H and O–H groups in total. The first-order valence-corrected chi connectivity index (χ1v) is 12.2. The Kier molecular flexibility index (Phi) is 5.90. The van der Waals surface area contributed by atoms with Crippen LogP contribution in [-0.4, -0.2) is 38.1 Å². The van der Waals surface area contributed by atoms with Crippen molar-refractivity contribution in [1.82, 2.24) is 25.5 Å². The third-order valence-corrected chi connectivity index (χ3v) is 7.87. The van der Waals surface area contributed by atoms with Gasteiger partial charge < -0.3 is 15.9 Å². The van der Waals surface area contributed by atoms with Crippen LogP contribution in [0.15, 0.2) is 29.4 Å². The number of halogens is 1. The highest BCUT2D eigenvalue weighted by atomic mass is 32.2. The van der Waals surface area contributed by atoms with Gasteiger partial charge in [0.25, 0.3) is 0 Å². The molecule has 4 aliphatic carbocycles. The predicted octanol–water partition coefficient (Wildman–Crippen LogP) is 2.60. The van der Waals surface area contributed by atoms with E-state index in [2.05, 4.69) is 20.8 Å². The zero-order valence-electron chi connectivity index (χ0n) is 18.1. The van der Waals surface area contributed by atoms with Crippen LogP contribution >= 0.6 is 11.8 Å². The van der Waals surface area contributed by atoms with Gasteiger partial charge in [0.15, 0.2) is 17.4 Å². The highest BCUT2D eigenvalue weighted by molar-refractivity contribution is 7.99. The maximum absolute atomic E-state index is 13.7. The van der Waals surface area contributed by atoms with E-state index in [1.165, 1.54) is 36.1 Å². The minimum atomic E-state index is -0.487. The molecule has 3 amide bonds. The van der Waals surface area contributed by atoms with Crippen molar-refractivity contribution < 1.29 is 18.7 Å². The van der Waals surface area contributed by atoms with Crippen LogP contribution in [0.5, 0.6) is 5.75 Å². The van der Waals surface area contributed by atoms with Crippen molar-refractivity contribution in [2.45, 2.75) is 55.8 Å². The van der Waals surface area contributed by atoms with E-state index in [1.807, 2.05) is 0 Å². The van der Waals surface area contributed by atoms with E-state index in [-0.39, 0.29) is 29.5 Å². The van der Waals surface area contributed by atoms with Gasteiger partial charge in [0, 0.05) is 5.54 Å². The maximum atomic E-state index is 13.7. The fourth-order valence-electron chi connectivity index (χ4n) is 6.04. The van der Waals surface area contributed by atoms with E-state index in [0.29, 0.717) is 22.9 Å². The van der Waals surface area contributed by atoms with Crippen molar-refractivity contribution in [2.75, 3.05) is 11.6 Å². The summed E-state index contributed by atoms with van der Waals surface area (Å²) in [6.07, 6.45) is 6.90. The van der Waals surface area contributed by atoms with Gasteiger partial charge in [0.1, 0.15) is 6.61 Å². The molecular formula is C22H27FN6O3S. The Morgan fingerprint density at radius 1 is 1.15 bits per heavy atom. The number of amides is 3. The van der Waals surface area contributed by atoms with Crippen LogP contribution in [0.1, 0.15) is 44.3 Å². The molecule has 1 heterocycles. The molecule has 6 rings (SSSR count). The van der Waals surface area contributed by atoms with Crippen LogP contribution in [0, 0.1) is 23.6 Å². The van der Waals surface area contributed by atoms with Crippen molar-refractivity contribution in [3.63, 3.8) is 0 Å². The summed E-state index contributed by atoms with van der Waals surface area (Å²) in [4.78, 5) is 24.8. The zero-order chi connectivity index (χ0) is 23.0. The summed E-state index contributed by atoms with van der Waals surface area (Å²) in [5.41, 5.74) is -0.156. The molecule has 1 aromatic heterocycles. The number of imide groups is 1. The normalized spacial score (nSPS) is 27.4. The SMILES string of the molecule is Nn1c(COc2ccccc2F)nnc1SCC(=O)NC(=O)NC12CC3CC(CC(C3)C1)C2. The Labute approximate surface area is 195 Å². The number of carbonyl (C=O) groups excluding carboxylic acids is 2. The van der Waals surface area contributed by atoms with Gasteiger partial charge in [0.05, 0.1) is 5.75 Å². The first-order chi connectivity index (χ1) is 15.9. The minimum Gasteiger partial charge on any atom is -0.482 e. The third-order valence-electron chi connectivity index (χ3n) is 6.93. The van der Waals surface area contributed by atoms with Crippen LogP contribution in [-0.2, 0) is 11.4 Å². The number of urea groups is 1. The summed E-state index contributed by atoms with van der Waals surface area (Å²) in [6.45, 7) is -0.0787. The summed E-state index contributed by atoms with van der Waals surface area (Å²) >= 11 is 1.06. The molecule has 0 spiro atoms. The highest BCUT2D eigenvalue weighted by Crippen LogP contribution is 2.55. The number of nitrogen functional groups attached to an aromatic ring is 1. The Hall–Kier alpha value is -2.82. The lowest BCUT2D eigenvalue weighted by molar-refractivity contribution is -0.117. The highest BCUT2D eigenvalue weighted by Gasteiger charge is 2.51. The molecule has 4 aliphatic rings. The number of hydrogen-bond acceptors (Lipinski definition) is 7. The van der Waals surface area contributed by atoms with E-state index >= 15 is 0 Å². The number of nitrogens with two attached hydrogens (primary N) is 1. The van der Waals surface area contributed by atoms with E-state index in [0.717, 1.165) is 31.0 Å². The van der Waals surface area contributed by atoms with E-state index < -0.39 is 17.8 Å². The zero-order valence-corrected chi connectivity index (χ0v) is 18.9. The number of nitrogens with zero attached hydrogens (tertiary/aromatic N) is 3. The van der Waals surface area contributed by atoms with Crippen molar-refractivity contribution in [2.24, 2.45) is 17.8 Å². The minimum absolute atomic E-state index is 0.0439. The molecule has 2 aromatic rings. The summed E-state index contributed by atoms with van der Waals surface area (Å²) in [7, 11) is 0. The standard InChI is InChI=1S/C22H27FN6O3S/c23-16-3-1-2-4-17(16)32-11-18-27-28-21(29(18)24)33-12-19(30)25-20(31)26-22-8-13-5-14(9-22)7-15(6-13)10-22/h1-4,13-15H,5-12,24H2,(H2,25,26,30,31). The third kappa shape index (κ3) is 4.78. The van der Waals surface area contributed by atoms with Gasteiger partial charge in [-0.2, -0.15) is 0 Å². The number of para-hydroxylation sites is 1. The molecule has 0 aliphatic heterocycles. The maximum Gasteiger partial charge on any atom is 0.321 e. The van der Waals surface area contributed by atoms with Crippen LogP contribution in [0.4, 0.5) is 9.18 Å². The molecule has 11 heteroatoms. The quantitative estimate of drug-likeness (QED) is 0.416. The van der Waals surface area contributed by atoms with Crippen molar-refractivity contribution >= 4 is 23.7 Å². The largest absolute Gasteiger partial charge is 0.482 e. The number of ether oxygens (including phenoxy) is 1. The second-order valence-corrected chi connectivity index (χ2v) is 10.4. The monoisotopic (exact) mass is 474 g/mol. The number of nitrogens with one attached hydrogen (secondary N) is 2. The van der Waals surface area contributed by atoms with Gasteiger partial charge >= 0.3 is 6.03 Å². The lowest BCUT2D eigenvalue weighted by Crippen LogP contribution is -2.61. The lowest BCUT2D eigenvalue weighted by atomic mass is 9.53. The molecule has 33 heavy (non-hydrogen) atoms. The summed E-state index contributed by atoms with van der Waals surface area (Å²) < 4.78 is 20.2. The van der Waals surface area contributed by atoms with Gasteiger partial charge in [-0.25, -0.2) is 13.9 Å². The smallest absolute Gasteiger partial charge is 0.321 e. The average molecular weight is 475 g/mol. The van der Waals surface area contributed by atoms with Crippen molar-refractivity contribution in [3.8, 4) is 5.75 Å². The Balaban J connectivity index is 1.10. The number of carbonyl (C=O) groups is 2. The fraction of sp³-hybridized carbons (Fsp3) is 0.545. The molecule has 9 nitrogen and oxygen atoms in total. The molecular weight excluding hydrogens is 447 g/mol. The van der Waals surface area contributed by atoms with E-state index in [1.54, 1.807) is 12.1 Å². The fourth-order valence-corrected chi connectivity index (χ4v) is 6.71. The lowest BCUT2D eigenvalue weighted by Gasteiger charge is -2.56. The number of benzene rings is 1. The van der Waals surface area contributed by atoms with Crippen LogP contribution in [0.2, 0.25) is 0 Å².